The molecular weight excluding hydrogens is 481 g/mol. The molecule has 168 valence electrons. The van der Waals surface area contributed by atoms with Gasteiger partial charge in [-0.15, -0.1) is 11.3 Å². The summed E-state index contributed by atoms with van der Waals surface area (Å²) in [5.41, 5.74) is 7.26. The standard InChI is InChI=1S/C24H19Cl2N3O3S/c1-12-5-7-16-19(9-12)33-24(20(16)22(28)30)29-23(31)13(11-27)10-14-6-8-18(32-14)15-3-2-4-17(25)21(15)26/h2-4,6,8,10,12H,5,7,9H2,1H3,(H2,28,30)(H,29,31)/b13-10+/t12-/m1/s1. The Kier molecular flexibility index (Phi) is 6.61. The van der Waals surface area contributed by atoms with E-state index in [4.69, 9.17) is 33.4 Å². The molecule has 0 radical (unpaired) electrons. The van der Waals surface area contributed by atoms with Gasteiger partial charge in [0.2, 0.25) is 0 Å². The molecule has 2 aromatic heterocycles. The molecule has 0 unspecified atom stereocenters. The lowest BCUT2D eigenvalue weighted by molar-refractivity contribution is -0.112. The number of thiophene rings is 1. The molecule has 1 aliphatic carbocycles. The summed E-state index contributed by atoms with van der Waals surface area (Å²) in [7, 11) is 0. The van der Waals surface area contributed by atoms with E-state index in [0.717, 1.165) is 29.7 Å². The number of furan rings is 1. The van der Waals surface area contributed by atoms with E-state index in [0.29, 0.717) is 43.6 Å². The van der Waals surface area contributed by atoms with E-state index in [-0.39, 0.29) is 5.57 Å². The van der Waals surface area contributed by atoms with Crippen molar-refractivity contribution >= 4 is 57.4 Å². The first kappa shape index (κ1) is 23.1. The van der Waals surface area contributed by atoms with Crippen LogP contribution < -0.4 is 11.1 Å². The molecular formula is C24H19Cl2N3O3S. The van der Waals surface area contributed by atoms with Gasteiger partial charge in [-0.25, -0.2) is 0 Å². The Bertz CT molecular complexity index is 1330. The summed E-state index contributed by atoms with van der Waals surface area (Å²) in [4.78, 5) is 26.0. The Balaban J connectivity index is 1.60. The molecule has 0 saturated carbocycles. The van der Waals surface area contributed by atoms with E-state index in [1.54, 1.807) is 30.3 Å². The fourth-order valence-corrected chi connectivity index (χ4v) is 5.63. The van der Waals surface area contributed by atoms with Gasteiger partial charge in [0.15, 0.2) is 0 Å². The number of halogens is 2. The average Bonchev–Trinajstić information content (AvgIpc) is 3.37. The van der Waals surface area contributed by atoms with Gasteiger partial charge in [0.25, 0.3) is 11.8 Å². The summed E-state index contributed by atoms with van der Waals surface area (Å²) < 4.78 is 5.76. The molecule has 0 spiro atoms. The molecule has 6 nitrogen and oxygen atoms in total. The molecule has 9 heteroatoms. The third-order valence-corrected chi connectivity index (χ3v) is 7.47. The predicted molar refractivity (Wildman–Crippen MR) is 130 cm³/mol. The van der Waals surface area contributed by atoms with Crippen molar-refractivity contribution in [1.82, 2.24) is 0 Å². The lowest BCUT2D eigenvalue weighted by Gasteiger charge is -2.18. The molecule has 0 fully saturated rings. The topological polar surface area (TPSA) is 109 Å². The third-order valence-electron chi connectivity index (χ3n) is 5.48. The number of hydrogen-bond acceptors (Lipinski definition) is 5. The number of nitrogens with two attached hydrogens (primary N) is 1. The van der Waals surface area contributed by atoms with E-state index >= 15 is 0 Å². The number of nitrogens with zero attached hydrogens (tertiary/aromatic N) is 1. The zero-order valence-electron chi connectivity index (χ0n) is 17.6. The Morgan fingerprint density at radius 1 is 1.30 bits per heavy atom. The minimum atomic E-state index is -0.648. The zero-order chi connectivity index (χ0) is 23.7. The van der Waals surface area contributed by atoms with E-state index in [1.165, 1.54) is 17.4 Å². The van der Waals surface area contributed by atoms with Gasteiger partial charge in [-0.3, -0.25) is 9.59 Å². The number of primary amides is 1. The zero-order valence-corrected chi connectivity index (χ0v) is 19.9. The maximum atomic E-state index is 12.8. The van der Waals surface area contributed by atoms with Crippen molar-refractivity contribution < 1.29 is 14.0 Å². The normalized spacial score (nSPS) is 15.6. The molecule has 2 heterocycles. The van der Waals surface area contributed by atoms with E-state index in [9.17, 15) is 14.9 Å². The second kappa shape index (κ2) is 9.44. The lowest BCUT2D eigenvalue weighted by Crippen LogP contribution is -2.19. The van der Waals surface area contributed by atoms with Crippen LogP contribution in [0.5, 0.6) is 0 Å². The van der Waals surface area contributed by atoms with Gasteiger partial charge < -0.3 is 15.5 Å². The maximum Gasteiger partial charge on any atom is 0.267 e. The first-order valence-electron chi connectivity index (χ1n) is 10.2. The molecule has 33 heavy (non-hydrogen) atoms. The number of fused-ring (bicyclic) bond motifs is 1. The second-order valence-electron chi connectivity index (χ2n) is 7.85. The van der Waals surface area contributed by atoms with Gasteiger partial charge in [0, 0.05) is 16.5 Å². The Labute approximate surface area is 204 Å². The van der Waals surface area contributed by atoms with E-state index in [1.807, 2.05) is 6.07 Å². The number of amides is 2. The van der Waals surface area contributed by atoms with Crippen LogP contribution in [0.2, 0.25) is 10.0 Å². The van der Waals surface area contributed by atoms with Crippen LogP contribution in [-0.2, 0) is 17.6 Å². The SMILES string of the molecule is C[C@@H]1CCc2c(sc(NC(=O)/C(C#N)=C/c3ccc(-c4cccc(Cl)c4Cl)o3)c2C(N)=O)C1. The predicted octanol–water partition coefficient (Wildman–Crippen LogP) is 6.08. The smallest absolute Gasteiger partial charge is 0.267 e. The van der Waals surface area contributed by atoms with Crippen LogP contribution in [0.25, 0.3) is 17.4 Å². The summed E-state index contributed by atoms with van der Waals surface area (Å²) in [6.07, 6.45) is 3.86. The molecule has 2 amide bonds. The van der Waals surface area contributed by atoms with Crippen molar-refractivity contribution in [1.29, 1.82) is 5.26 Å². The van der Waals surface area contributed by atoms with Gasteiger partial charge in [-0.05, 0) is 55.0 Å². The van der Waals surface area contributed by atoms with Crippen molar-refractivity contribution in [3.63, 3.8) is 0 Å². The molecule has 1 aliphatic rings. The van der Waals surface area contributed by atoms with Crippen molar-refractivity contribution in [3.05, 3.63) is 67.7 Å². The highest BCUT2D eigenvalue weighted by Crippen LogP contribution is 2.40. The third kappa shape index (κ3) is 4.69. The fraction of sp³-hybridized carbons (Fsp3) is 0.208. The van der Waals surface area contributed by atoms with Crippen LogP contribution in [0.1, 0.15) is 39.9 Å². The highest BCUT2D eigenvalue weighted by atomic mass is 35.5. The van der Waals surface area contributed by atoms with E-state index in [2.05, 4.69) is 12.2 Å². The van der Waals surface area contributed by atoms with Gasteiger partial charge in [-0.2, -0.15) is 5.26 Å². The molecule has 0 saturated heterocycles. The van der Waals surface area contributed by atoms with Gasteiger partial charge >= 0.3 is 0 Å². The number of carbonyl (C=O) groups excluding carboxylic acids is 2. The molecule has 0 aliphatic heterocycles. The number of nitriles is 1. The number of rotatable bonds is 5. The van der Waals surface area contributed by atoms with Crippen LogP contribution in [0, 0.1) is 17.2 Å². The van der Waals surface area contributed by atoms with Crippen LogP contribution in [0.15, 0.2) is 40.3 Å². The molecule has 3 N–H and O–H groups in total. The Morgan fingerprint density at radius 3 is 2.82 bits per heavy atom. The monoisotopic (exact) mass is 499 g/mol. The summed E-state index contributed by atoms with van der Waals surface area (Å²) in [6.45, 7) is 2.15. The van der Waals surface area contributed by atoms with Crippen LogP contribution in [0.3, 0.4) is 0 Å². The highest BCUT2D eigenvalue weighted by Gasteiger charge is 2.27. The number of benzene rings is 1. The van der Waals surface area contributed by atoms with Crippen LogP contribution in [0.4, 0.5) is 5.00 Å². The Morgan fingerprint density at radius 2 is 2.09 bits per heavy atom. The largest absolute Gasteiger partial charge is 0.457 e. The molecule has 4 rings (SSSR count). The number of nitrogens with one attached hydrogen (secondary N) is 1. The lowest BCUT2D eigenvalue weighted by atomic mass is 9.88. The Hall–Kier alpha value is -3.05. The van der Waals surface area contributed by atoms with Crippen LogP contribution >= 0.6 is 34.5 Å². The molecule has 0 bridgehead atoms. The average molecular weight is 500 g/mol. The van der Waals surface area contributed by atoms with Crippen molar-refractivity contribution in [2.75, 3.05) is 5.32 Å². The molecule has 3 aromatic rings. The summed E-state index contributed by atoms with van der Waals surface area (Å²) in [6, 6.07) is 10.3. The van der Waals surface area contributed by atoms with E-state index < -0.39 is 11.8 Å². The van der Waals surface area contributed by atoms with Crippen molar-refractivity contribution in [2.45, 2.75) is 26.2 Å². The van der Waals surface area contributed by atoms with Crippen molar-refractivity contribution in [3.8, 4) is 17.4 Å². The summed E-state index contributed by atoms with van der Waals surface area (Å²) in [5, 5.41) is 13.4. The number of carbonyl (C=O) groups is 2. The molecule has 1 atom stereocenters. The molecule has 1 aromatic carbocycles. The maximum absolute atomic E-state index is 12.8. The minimum Gasteiger partial charge on any atom is -0.457 e. The number of hydrogen-bond donors (Lipinski definition) is 2. The first-order valence-corrected chi connectivity index (χ1v) is 11.8. The quantitative estimate of drug-likeness (QED) is 0.327. The summed E-state index contributed by atoms with van der Waals surface area (Å²) >= 11 is 13.6. The summed E-state index contributed by atoms with van der Waals surface area (Å²) in [5.74, 6) is 0.000113. The minimum absolute atomic E-state index is 0.178. The second-order valence-corrected chi connectivity index (χ2v) is 9.74. The van der Waals surface area contributed by atoms with Crippen LogP contribution in [-0.4, -0.2) is 11.8 Å². The van der Waals surface area contributed by atoms with Gasteiger partial charge in [-0.1, -0.05) is 36.2 Å². The highest BCUT2D eigenvalue weighted by molar-refractivity contribution is 7.17. The fourth-order valence-electron chi connectivity index (χ4n) is 3.83. The number of anilines is 1. The van der Waals surface area contributed by atoms with Crippen molar-refractivity contribution in [2.24, 2.45) is 11.7 Å². The van der Waals surface area contributed by atoms with Gasteiger partial charge in [0.1, 0.15) is 28.2 Å². The first-order chi connectivity index (χ1) is 15.8. The van der Waals surface area contributed by atoms with Gasteiger partial charge in [0.05, 0.1) is 15.6 Å².